The zero-order valence-corrected chi connectivity index (χ0v) is 12.6. The largest absolute Gasteiger partial charge is 0.370 e. The van der Waals surface area contributed by atoms with Crippen LogP contribution in [0.25, 0.3) is 0 Å². The molecule has 2 heterocycles. The highest BCUT2D eigenvalue weighted by Crippen LogP contribution is 2.13. The number of pyridine rings is 1. The number of nitrogens with zero attached hydrogens (tertiary/aromatic N) is 2. The van der Waals surface area contributed by atoms with Gasteiger partial charge in [-0.25, -0.2) is 9.97 Å². The summed E-state index contributed by atoms with van der Waals surface area (Å²) in [4.78, 5) is 24.0. The molecule has 0 saturated carbocycles. The lowest BCUT2D eigenvalue weighted by molar-refractivity contribution is 0.0938. The van der Waals surface area contributed by atoms with E-state index >= 15 is 0 Å². The van der Waals surface area contributed by atoms with E-state index < -0.39 is 0 Å². The molecular formula is C15H21N5O. The Labute approximate surface area is 124 Å². The summed E-state index contributed by atoms with van der Waals surface area (Å²) in [5.74, 6) is 1.34. The molecule has 6 heteroatoms. The number of hydrogen-bond donors (Lipinski definition) is 3. The van der Waals surface area contributed by atoms with Gasteiger partial charge >= 0.3 is 0 Å². The molecule has 2 rings (SSSR count). The summed E-state index contributed by atoms with van der Waals surface area (Å²) in [6.07, 6.45) is 4.19. The molecule has 2 aromatic rings. The number of aromatic amines is 1. The standard InChI is InChI=1S/C15H21N5O/c1-4-12-8-11(9-13(20-12)16-5-2)15(21)19-10(3)14-17-6-7-18-14/h6-10H,4-5H2,1-3H3,(H,16,20)(H,17,18)(H,19,21). The molecule has 1 amide bonds. The second-order valence-electron chi connectivity index (χ2n) is 4.79. The van der Waals surface area contributed by atoms with Crippen LogP contribution in [0.15, 0.2) is 24.5 Å². The van der Waals surface area contributed by atoms with Gasteiger partial charge < -0.3 is 15.6 Å². The van der Waals surface area contributed by atoms with Gasteiger partial charge in [0.25, 0.3) is 5.91 Å². The molecule has 0 aliphatic heterocycles. The first-order valence-electron chi connectivity index (χ1n) is 7.19. The molecule has 0 aliphatic rings. The molecule has 0 bridgehead atoms. The number of carbonyl (C=O) groups excluding carboxylic acids is 1. The van der Waals surface area contributed by atoms with Gasteiger partial charge in [0, 0.05) is 30.2 Å². The van der Waals surface area contributed by atoms with E-state index in [1.165, 1.54) is 0 Å². The minimum atomic E-state index is -0.173. The van der Waals surface area contributed by atoms with Gasteiger partial charge in [0.1, 0.15) is 11.6 Å². The fourth-order valence-corrected chi connectivity index (χ4v) is 2.03. The van der Waals surface area contributed by atoms with Gasteiger partial charge in [-0.05, 0) is 32.4 Å². The van der Waals surface area contributed by atoms with Crippen molar-refractivity contribution in [3.8, 4) is 0 Å². The smallest absolute Gasteiger partial charge is 0.252 e. The molecule has 0 radical (unpaired) electrons. The molecule has 0 spiro atoms. The third-order valence-corrected chi connectivity index (χ3v) is 3.14. The maximum absolute atomic E-state index is 12.4. The summed E-state index contributed by atoms with van der Waals surface area (Å²) in [5.41, 5.74) is 1.50. The Balaban J connectivity index is 2.16. The molecule has 0 aliphatic carbocycles. The summed E-state index contributed by atoms with van der Waals surface area (Å²) in [7, 11) is 0. The Morgan fingerprint density at radius 1 is 1.38 bits per heavy atom. The minimum absolute atomic E-state index is 0.129. The van der Waals surface area contributed by atoms with Crippen LogP contribution in [-0.2, 0) is 6.42 Å². The predicted octanol–water partition coefficient (Wildman–Crippen LogP) is 2.29. The Kier molecular flexibility index (Phi) is 4.92. The maximum Gasteiger partial charge on any atom is 0.252 e. The first-order valence-corrected chi connectivity index (χ1v) is 7.19. The Morgan fingerprint density at radius 2 is 2.19 bits per heavy atom. The molecule has 0 fully saturated rings. The van der Waals surface area contributed by atoms with Crippen molar-refractivity contribution in [2.24, 2.45) is 0 Å². The fraction of sp³-hybridized carbons (Fsp3) is 0.400. The Morgan fingerprint density at radius 3 is 2.81 bits per heavy atom. The van der Waals surface area contributed by atoms with E-state index in [1.807, 2.05) is 26.8 Å². The summed E-state index contributed by atoms with van der Waals surface area (Å²) in [6.45, 7) is 6.68. The lowest BCUT2D eigenvalue weighted by Gasteiger charge is -2.13. The third-order valence-electron chi connectivity index (χ3n) is 3.14. The molecule has 3 N–H and O–H groups in total. The van der Waals surface area contributed by atoms with Gasteiger partial charge in [0.15, 0.2) is 0 Å². The summed E-state index contributed by atoms with van der Waals surface area (Å²) < 4.78 is 0. The van der Waals surface area contributed by atoms with Gasteiger partial charge in [-0.2, -0.15) is 0 Å². The zero-order valence-electron chi connectivity index (χ0n) is 12.6. The SMILES string of the molecule is CCNc1cc(C(=O)NC(C)c2ncc[nH]2)cc(CC)n1. The van der Waals surface area contributed by atoms with Crippen LogP contribution in [0.1, 0.15) is 48.7 Å². The van der Waals surface area contributed by atoms with Crippen LogP contribution in [0, 0.1) is 0 Å². The highest BCUT2D eigenvalue weighted by molar-refractivity contribution is 5.95. The first-order chi connectivity index (χ1) is 10.1. The Bertz CT molecular complexity index is 594. The number of aromatic nitrogens is 3. The predicted molar refractivity (Wildman–Crippen MR) is 82.2 cm³/mol. The average molecular weight is 287 g/mol. The Hall–Kier alpha value is -2.37. The highest BCUT2D eigenvalue weighted by atomic mass is 16.1. The van der Waals surface area contributed by atoms with Crippen molar-refractivity contribution in [2.45, 2.75) is 33.2 Å². The summed E-state index contributed by atoms with van der Waals surface area (Å²) in [6, 6.07) is 3.42. The third kappa shape index (κ3) is 3.81. The molecule has 0 aromatic carbocycles. The van der Waals surface area contributed by atoms with Crippen molar-refractivity contribution < 1.29 is 4.79 Å². The van der Waals surface area contributed by atoms with Crippen LogP contribution in [-0.4, -0.2) is 27.4 Å². The van der Waals surface area contributed by atoms with Crippen molar-refractivity contribution >= 4 is 11.7 Å². The van der Waals surface area contributed by atoms with E-state index in [4.69, 9.17) is 0 Å². The number of carbonyl (C=O) groups is 1. The van der Waals surface area contributed by atoms with Crippen LogP contribution >= 0.6 is 0 Å². The molecule has 6 nitrogen and oxygen atoms in total. The fourth-order valence-electron chi connectivity index (χ4n) is 2.03. The van der Waals surface area contributed by atoms with E-state index in [2.05, 4.69) is 25.6 Å². The van der Waals surface area contributed by atoms with Gasteiger partial charge in [0.2, 0.25) is 0 Å². The zero-order chi connectivity index (χ0) is 15.2. The molecule has 1 atom stereocenters. The normalized spacial score (nSPS) is 12.0. The van der Waals surface area contributed by atoms with E-state index in [1.54, 1.807) is 18.5 Å². The van der Waals surface area contributed by atoms with E-state index in [0.717, 1.165) is 30.3 Å². The highest BCUT2D eigenvalue weighted by Gasteiger charge is 2.14. The number of rotatable bonds is 6. The van der Waals surface area contributed by atoms with Crippen LogP contribution in [0.3, 0.4) is 0 Å². The lowest BCUT2D eigenvalue weighted by atomic mass is 10.1. The maximum atomic E-state index is 12.4. The van der Waals surface area contributed by atoms with E-state index in [0.29, 0.717) is 5.56 Å². The van der Waals surface area contributed by atoms with E-state index in [-0.39, 0.29) is 11.9 Å². The summed E-state index contributed by atoms with van der Waals surface area (Å²) >= 11 is 0. The van der Waals surface area contributed by atoms with Gasteiger partial charge in [0.05, 0.1) is 6.04 Å². The molecule has 21 heavy (non-hydrogen) atoms. The van der Waals surface area contributed by atoms with Crippen molar-refractivity contribution in [2.75, 3.05) is 11.9 Å². The van der Waals surface area contributed by atoms with E-state index in [9.17, 15) is 4.79 Å². The van der Waals surface area contributed by atoms with Crippen molar-refractivity contribution in [3.05, 3.63) is 41.6 Å². The number of nitrogens with one attached hydrogen (secondary N) is 3. The van der Waals surface area contributed by atoms with Crippen molar-refractivity contribution in [1.82, 2.24) is 20.3 Å². The van der Waals surface area contributed by atoms with Crippen LogP contribution < -0.4 is 10.6 Å². The molecule has 0 saturated heterocycles. The quantitative estimate of drug-likeness (QED) is 0.761. The number of hydrogen-bond acceptors (Lipinski definition) is 4. The number of imidazole rings is 1. The number of anilines is 1. The molecule has 2 aromatic heterocycles. The van der Waals surface area contributed by atoms with Gasteiger partial charge in [-0.15, -0.1) is 0 Å². The summed E-state index contributed by atoms with van der Waals surface area (Å²) in [5, 5.41) is 6.08. The monoisotopic (exact) mass is 287 g/mol. The second-order valence-corrected chi connectivity index (χ2v) is 4.79. The first kappa shape index (κ1) is 15.0. The number of H-pyrrole nitrogens is 1. The topological polar surface area (TPSA) is 82.7 Å². The van der Waals surface area contributed by atoms with Crippen LogP contribution in [0.5, 0.6) is 0 Å². The second kappa shape index (κ2) is 6.88. The van der Waals surface area contributed by atoms with Crippen LogP contribution in [0.2, 0.25) is 0 Å². The average Bonchev–Trinajstić information content (AvgIpc) is 3.01. The number of aryl methyl sites for hydroxylation is 1. The molecule has 112 valence electrons. The van der Waals surface area contributed by atoms with Crippen molar-refractivity contribution in [1.29, 1.82) is 0 Å². The van der Waals surface area contributed by atoms with Crippen molar-refractivity contribution in [3.63, 3.8) is 0 Å². The molecular weight excluding hydrogens is 266 g/mol. The van der Waals surface area contributed by atoms with Crippen LogP contribution in [0.4, 0.5) is 5.82 Å². The molecule has 1 unspecified atom stereocenters. The lowest BCUT2D eigenvalue weighted by Crippen LogP contribution is -2.27. The van der Waals surface area contributed by atoms with Gasteiger partial charge in [-0.1, -0.05) is 6.92 Å². The minimum Gasteiger partial charge on any atom is -0.370 e. The number of amides is 1. The van der Waals surface area contributed by atoms with Gasteiger partial charge in [-0.3, -0.25) is 4.79 Å².